The molecule has 0 heterocycles. The molecule has 0 radical (unpaired) electrons. The van der Waals surface area contributed by atoms with Crippen molar-refractivity contribution in [3.05, 3.63) is 27.7 Å². The van der Waals surface area contributed by atoms with Gasteiger partial charge in [-0.2, -0.15) is 0 Å². The standard InChI is InChI=1S/C12H22O2.C11H14BrNO/c1-4-9(2)10-5-7-11(8-6-10)12(13)14-3;1-4-10-7(2)5-9(12)6-11(10)13-8(3)14/h9-11H,4-8H2,1-3H3;5-6H,4H2,1-3H3,(H,13,14). The van der Waals surface area contributed by atoms with E-state index in [0.717, 1.165) is 41.3 Å². The van der Waals surface area contributed by atoms with Gasteiger partial charge >= 0.3 is 5.97 Å². The van der Waals surface area contributed by atoms with Crippen LogP contribution in [0.1, 0.15) is 70.9 Å². The monoisotopic (exact) mass is 453 g/mol. The fraction of sp³-hybridized carbons (Fsp3) is 0.652. The van der Waals surface area contributed by atoms with Crippen LogP contribution < -0.4 is 5.32 Å². The third kappa shape index (κ3) is 7.57. The Morgan fingerprint density at radius 3 is 2.29 bits per heavy atom. The van der Waals surface area contributed by atoms with Crippen LogP contribution in [0.15, 0.2) is 16.6 Å². The highest BCUT2D eigenvalue weighted by Gasteiger charge is 2.28. The minimum Gasteiger partial charge on any atom is -0.469 e. The number of amides is 1. The van der Waals surface area contributed by atoms with Crippen molar-refractivity contribution in [3.63, 3.8) is 0 Å². The molecule has 0 aliphatic heterocycles. The molecule has 28 heavy (non-hydrogen) atoms. The van der Waals surface area contributed by atoms with Crippen LogP contribution in [0.5, 0.6) is 0 Å². The number of benzene rings is 1. The number of rotatable bonds is 5. The van der Waals surface area contributed by atoms with Crippen LogP contribution in [0.3, 0.4) is 0 Å². The van der Waals surface area contributed by atoms with E-state index in [1.165, 1.54) is 44.4 Å². The molecule has 5 heteroatoms. The van der Waals surface area contributed by atoms with Crippen molar-refractivity contribution in [2.75, 3.05) is 12.4 Å². The molecule has 1 atom stereocenters. The molecular formula is C23H36BrNO3. The summed E-state index contributed by atoms with van der Waals surface area (Å²) in [5.41, 5.74) is 3.31. The summed E-state index contributed by atoms with van der Waals surface area (Å²) in [5.74, 6) is 1.79. The Labute approximate surface area is 178 Å². The second kappa shape index (κ2) is 12.3. The molecule has 1 aliphatic carbocycles. The van der Waals surface area contributed by atoms with Gasteiger partial charge in [0, 0.05) is 17.1 Å². The maximum absolute atomic E-state index is 11.3. The molecular weight excluding hydrogens is 418 g/mol. The normalized spacial score (nSPS) is 19.8. The summed E-state index contributed by atoms with van der Waals surface area (Å²) < 4.78 is 5.77. The smallest absolute Gasteiger partial charge is 0.308 e. The lowest BCUT2D eigenvalue weighted by Gasteiger charge is -2.30. The molecule has 1 aliphatic rings. The van der Waals surface area contributed by atoms with Gasteiger partial charge in [-0.15, -0.1) is 0 Å². The van der Waals surface area contributed by atoms with Crippen molar-refractivity contribution in [1.82, 2.24) is 0 Å². The number of hydrogen-bond acceptors (Lipinski definition) is 3. The number of aryl methyl sites for hydroxylation is 1. The molecule has 1 unspecified atom stereocenters. The number of esters is 1. The highest BCUT2D eigenvalue weighted by molar-refractivity contribution is 9.10. The fourth-order valence-electron chi connectivity index (χ4n) is 3.97. The average molecular weight is 454 g/mol. The second-order valence-electron chi connectivity index (χ2n) is 7.80. The van der Waals surface area contributed by atoms with Gasteiger partial charge < -0.3 is 10.1 Å². The highest BCUT2D eigenvalue weighted by atomic mass is 79.9. The molecule has 4 nitrogen and oxygen atoms in total. The van der Waals surface area contributed by atoms with E-state index in [-0.39, 0.29) is 17.8 Å². The topological polar surface area (TPSA) is 55.4 Å². The predicted octanol–water partition coefficient (Wildman–Crippen LogP) is 6.29. The number of carbonyl (C=O) groups is 2. The summed E-state index contributed by atoms with van der Waals surface area (Å²) in [7, 11) is 1.49. The number of carbonyl (C=O) groups excluding carboxylic acids is 2. The number of anilines is 1. The molecule has 2 rings (SSSR count). The maximum Gasteiger partial charge on any atom is 0.308 e. The van der Waals surface area contributed by atoms with Crippen molar-refractivity contribution in [2.24, 2.45) is 17.8 Å². The van der Waals surface area contributed by atoms with Crippen LogP contribution in [-0.2, 0) is 20.7 Å². The van der Waals surface area contributed by atoms with E-state index in [9.17, 15) is 9.59 Å². The van der Waals surface area contributed by atoms with E-state index >= 15 is 0 Å². The van der Waals surface area contributed by atoms with Gasteiger partial charge in [0.25, 0.3) is 0 Å². The summed E-state index contributed by atoms with van der Waals surface area (Å²) in [6.45, 7) is 10.2. The van der Waals surface area contributed by atoms with E-state index in [4.69, 9.17) is 4.74 Å². The number of methoxy groups -OCH3 is 1. The van der Waals surface area contributed by atoms with Gasteiger partial charge in [0.05, 0.1) is 13.0 Å². The van der Waals surface area contributed by atoms with E-state index in [0.29, 0.717) is 0 Å². The first-order chi connectivity index (χ1) is 13.2. The van der Waals surface area contributed by atoms with Crippen LogP contribution in [0.2, 0.25) is 0 Å². The third-order valence-electron chi connectivity index (χ3n) is 5.86. The average Bonchev–Trinajstić information content (AvgIpc) is 2.66. The Kier molecular flexibility index (Phi) is 10.8. The second-order valence-corrected chi connectivity index (χ2v) is 8.72. The molecule has 0 bridgehead atoms. The van der Waals surface area contributed by atoms with Gasteiger partial charge in [-0.25, -0.2) is 0 Å². The molecule has 158 valence electrons. The molecule has 1 aromatic rings. The fourth-order valence-corrected chi connectivity index (χ4v) is 4.54. The zero-order chi connectivity index (χ0) is 21.3. The van der Waals surface area contributed by atoms with Gasteiger partial charge in [0.2, 0.25) is 5.91 Å². The van der Waals surface area contributed by atoms with Crippen LogP contribution in [0, 0.1) is 24.7 Å². The third-order valence-corrected chi connectivity index (χ3v) is 6.31. The van der Waals surface area contributed by atoms with Crippen molar-refractivity contribution in [1.29, 1.82) is 0 Å². The maximum atomic E-state index is 11.3. The molecule has 1 aromatic carbocycles. The Hall–Kier alpha value is -1.36. The Bertz CT molecular complexity index is 651. The van der Waals surface area contributed by atoms with Crippen LogP contribution >= 0.6 is 15.9 Å². The summed E-state index contributed by atoms with van der Waals surface area (Å²) in [6.07, 6.45) is 6.65. The Balaban J connectivity index is 0.000000280. The van der Waals surface area contributed by atoms with Crippen molar-refractivity contribution < 1.29 is 14.3 Å². The van der Waals surface area contributed by atoms with Gasteiger partial charge in [-0.05, 0) is 74.1 Å². The highest BCUT2D eigenvalue weighted by Crippen LogP contribution is 2.34. The van der Waals surface area contributed by atoms with Crippen molar-refractivity contribution in [3.8, 4) is 0 Å². The summed E-state index contributed by atoms with van der Waals surface area (Å²) >= 11 is 3.41. The first-order valence-electron chi connectivity index (χ1n) is 10.4. The van der Waals surface area contributed by atoms with Gasteiger partial charge in [0.15, 0.2) is 0 Å². The van der Waals surface area contributed by atoms with E-state index < -0.39 is 0 Å². The van der Waals surface area contributed by atoms with Gasteiger partial charge in [-0.1, -0.05) is 43.1 Å². The number of nitrogens with one attached hydrogen (secondary N) is 1. The minimum absolute atomic E-state index is 0.00685. The molecule has 0 saturated heterocycles. The summed E-state index contributed by atoms with van der Waals surface area (Å²) in [4.78, 5) is 22.3. The molecule has 1 saturated carbocycles. The van der Waals surface area contributed by atoms with E-state index in [1.54, 1.807) is 0 Å². The number of ether oxygens (including phenoxy) is 1. The number of halogens is 1. The first kappa shape index (κ1) is 24.7. The van der Waals surface area contributed by atoms with Crippen LogP contribution in [-0.4, -0.2) is 19.0 Å². The molecule has 1 fully saturated rings. The zero-order valence-corrected chi connectivity index (χ0v) is 19.8. The van der Waals surface area contributed by atoms with E-state index in [1.807, 2.05) is 6.07 Å². The zero-order valence-electron chi connectivity index (χ0n) is 18.2. The van der Waals surface area contributed by atoms with Crippen molar-refractivity contribution in [2.45, 2.75) is 73.1 Å². The lowest BCUT2D eigenvalue weighted by molar-refractivity contribution is -0.147. The molecule has 0 aromatic heterocycles. The largest absolute Gasteiger partial charge is 0.469 e. The number of hydrogen-bond donors (Lipinski definition) is 1. The van der Waals surface area contributed by atoms with E-state index in [2.05, 4.69) is 55.0 Å². The van der Waals surface area contributed by atoms with Crippen LogP contribution in [0.25, 0.3) is 0 Å². The molecule has 1 amide bonds. The quantitative estimate of drug-likeness (QED) is 0.532. The first-order valence-corrected chi connectivity index (χ1v) is 11.2. The Morgan fingerprint density at radius 2 is 1.82 bits per heavy atom. The summed E-state index contributed by atoms with van der Waals surface area (Å²) in [6, 6.07) is 4.00. The lowest BCUT2D eigenvalue weighted by Crippen LogP contribution is -2.25. The van der Waals surface area contributed by atoms with Crippen LogP contribution in [0.4, 0.5) is 5.69 Å². The van der Waals surface area contributed by atoms with Gasteiger partial charge in [0.1, 0.15) is 0 Å². The Morgan fingerprint density at radius 1 is 1.21 bits per heavy atom. The molecule has 1 N–H and O–H groups in total. The van der Waals surface area contributed by atoms with Gasteiger partial charge in [-0.3, -0.25) is 9.59 Å². The molecule has 0 spiro atoms. The minimum atomic E-state index is -0.0304. The van der Waals surface area contributed by atoms with Crippen molar-refractivity contribution >= 4 is 33.5 Å². The lowest BCUT2D eigenvalue weighted by atomic mass is 9.75. The SMILES string of the molecule is CCC(C)C1CCC(C(=O)OC)CC1.CCc1c(C)cc(Br)cc1NC(C)=O. The predicted molar refractivity (Wildman–Crippen MR) is 119 cm³/mol. The summed E-state index contributed by atoms with van der Waals surface area (Å²) in [5, 5.41) is 2.84.